The van der Waals surface area contributed by atoms with Crippen molar-refractivity contribution in [2.45, 2.75) is 26.6 Å². The summed E-state index contributed by atoms with van der Waals surface area (Å²) in [6, 6.07) is 13.4. The van der Waals surface area contributed by atoms with Crippen LogP contribution in [0.1, 0.15) is 11.1 Å². The molecule has 0 N–H and O–H groups in total. The van der Waals surface area contributed by atoms with E-state index in [-0.39, 0.29) is 0 Å². The van der Waals surface area contributed by atoms with Crippen LogP contribution in [0.4, 0.5) is 5.69 Å². The molecule has 0 aliphatic rings. The summed E-state index contributed by atoms with van der Waals surface area (Å²) in [5.74, 6) is 3.23. The van der Waals surface area contributed by atoms with Crippen molar-refractivity contribution in [2.75, 3.05) is 0 Å². The summed E-state index contributed by atoms with van der Waals surface area (Å²) in [6.45, 7) is 8.66. The first-order valence-corrected chi connectivity index (χ1v) is 11.6. The van der Waals surface area contributed by atoms with Gasteiger partial charge in [-0.2, -0.15) is 0 Å². The van der Waals surface area contributed by atoms with Gasteiger partial charge < -0.3 is 0 Å². The predicted octanol–water partition coefficient (Wildman–Crippen LogP) is 6.30. The van der Waals surface area contributed by atoms with Gasteiger partial charge in [-0.3, -0.25) is 0 Å². The van der Waals surface area contributed by atoms with Gasteiger partial charge in [-0.1, -0.05) is 66.5 Å². The Kier molecular flexibility index (Phi) is 5.70. The fourth-order valence-corrected chi connectivity index (χ4v) is 2.82. The second kappa shape index (κ2) is 7.36. The third-order valence-corrected chi connectivity index (χ3v) is 4.44. The van der Waals surface area contributed by atoms with Crippen LogP contribution in [-0.2, 0) is 0 Å². The first-order valence-electron chi connectivity index (χ1n) is 7.38. The fourth-order valence-electron chi connectivity index (χ4n) is 1.83. The van der Waals surface area contributed by atoms with Gasteiger partial charge in [0.25, 0.3) is 0 Å². The molecule has 4 heteroatoms. The van der Waals surface area contributed by atoms with Crippen LogP contribution in [0.15, 0.2) is 47.5 Å². The molecule has 0 radical (unpaired) electrons. The monoisotopic (exact) mass is 359 g/mol. The van der Waals surface area contributed by atoms with Crippen LogP contribution in [0, 0.1) is 18.4 Å². The van der Waals surface area contributed by atoms with E-state index >= 15 is 0 Å². The lowest BCUT2D eigenvalue weighted by molar-refractivity contribution is 1.43. The SMILES string of the molecule is Cc1ccc(N=C(C#C[Si](C)(C)C)c2ccc(Cl)cc2Cl)cc1. The molecule has 1 nitrogen and oxygen atoms in total. The molecule has 0 saturated carbocycles. The molecule has 0 aromatic heterocycles. The minimum Gasteiger partial charge on any atom is -0.239 e. The highest BCUT2D eigenvalue weighted by Gasteiger charge is 2.11. The largest absolute Gasteiger partial charge is 0.239 e. The van der Waals surface area contributed by atoms with E-state index in [9.17, 15) is 0 Å². The van der Waals surface area contributed by atoms with E-state index in [1.807, 2.05) is 36.4 Å². The number of aryl methyl sites for hydroxylation is 1. The van der Waals surface area contributed by atoms with Gasteiger partial charge in [0.15, 0.2) is 0 Å². The molecule has 0 saturated heterocycles. The molecule has 0 heterocycles. The smallest absolute Gasteiger partial charge is 0.129 e. The van der Waals surface area contributed by atoms with Gasteiger partial charge in [0.1, 0.15) is 13.8 Å². The maximum Gasteiger partial charge on any atom is 0.129 e. The third-order valence-electron chi connectivity index (χ3n) is 3.02. The average Bonchev–Trinajstić information content (AvgIpc) is 2.45. The van der Waals surface area contributed by atoms with Gasteiger partial charge in [0, 0.05) is 10.6 Å². The van der Waals surface area contributed by atoms with Crippen molar-refractivity contribution in [3.8, 4) is 11.5 Å². The van der Waals surface area contributed by atoms with Gasteiger partial charge in [0.05, 0.1) is 10.7 Å². The molecule has 2 aromatic rings. The van der Waals surface area contributed by atoms with Gasteiger partial charge in [0.2, 0.25) is 0 Å². The Morgan fingerprint density at radius 2 is 1.65 bits per heavy atom. The molecular weight excluding hydrogens is 341 g/mol. The Labute approximate surface area is 149 Å². The van der Waals surface area contributed by atoms with Crippen LogP contribution < -0.4 is 0 Å². The molecule has 0 aliphatic carbocycles. The molecule has 23 heavy (non-hydrogen) atoms. The Balaban J connectivity index is 2.55. The van der Waals surface area contributed by atoms with Crippen molar-refractivity contribution < 1.29 is 0 Å². The number of hydrogen-bond donors (Lipinski definition) is 0. The molecule has 0 unspecified atom stereocenters. The van der Waals surface area contributed by atoms with Crippen LogP contribution in [0.3, 0.4) is 0 Å². The van der Waals surface area contributed by atoms with Crippen LogP contribution >= 0.6 is 23.2 Å². The van der Waals surface area contributed by atoms with E-state index in [2.05, 4.69) is 38.0 Å². The maximum absolute atomic E-state index is 6.34. The van der Waals surface area contributed by atoms with Crippen LogP contribution in [0.25, 0.3) is 0 Å². The first-order chi connectivity index (χ1) is 10.7. The summed E-state index contributed by atoms with van der Waals surface area (Å²) in [6.07, 6.45) is 0. The number of nitrogens with zero attached hydrogens (tertiary/aromatic N) is 1. The summed E-state index contributed by atoms with van der Waals surface area (Å²) in [5.41, 5.74) is 6.91. The molecule has 118 valence electrons. The highest BCUT2D eigenvalue weighted by molar-refractivity contribution is 6.84. The second-order valence-corrected chi connectivity index (χ2v) is 12.0. The van der Waals surface area contributed by atoms with Crippen molar-refractivity contribution in [3.05, 3.63) is 63.6 Å². The van der Waals surface area contributed by atoms with E-state index < -0.39 is 8.07 Å². The zero-order valence-corrected chi connectivity index (χ0v) is 16.3. The topological polar surface area (TPSA) is 12.4 Å². The first kappa shape index (κ1) is 17.8. The van der Waals surface area contributed by atoms with Crippen molar-refractivity contribution >= 4 is 42.7 Å². The highest BCUT2D eigenvalue weighted by atomic mass is 35.5. The van der Waals surface area contributed by atoms with E-state index in [1.54, 1.807) is 6.07 Å². The summed E-state index contributed by atoms with van der Waals surface area (Å²) in [4.78, 5) is 4.70. The number of rotatable bonds is 2. The minimum absolute atomic E-state index is 0.563. The normalized spacial score (nSPS) is 11.8. The standard InChI is InChI=1S/C19H19Cl2NSi/c1-14-5-8-16(9-6-14)22-19(11-12-23(2,3)4)17-10-7-15(20)13-18(17)21/h5-10,13H,1-4H3. The predicted molar refractivity (Wildman–Crippen MR) is 105 cm³/mol. The Hall–Kier alpha value is -1.53. The number of benzene rings is 2. The quantitative estimate of drug-likeness (QED) is 0.338. The Morgan fingerprint density at radius 1 is 1.00 bits per heavy atom. The Bertz CT molecular complexity index is 791. The van der Waals surface area contributed by atoms with E-state index in [1.165, 1.54) is 5.56 Å². The molecule has 0 atom stereocenters. The zero-order valence-electron chi connectivity index (χ0n) is 13.7. The van der Waals surface area contributed by atoms with Crippen LogP contribution in [-0.4, -0.2) is 13.8 Å². The molecule has 0 bridgehead atoms. The van der Waals surface area contributed by atoms with E-state index in [0.29, 0.717) is 15.8 Å². The minimum atomic E-state index is -1.52. The summed E-state index contributed by atoms with van der Waals surface area (Å²) in [7, 11) is -1.52. The van der Waals surface area contributed by atoms with Crippen LogP contribution in [0.2, 0.25) is 29.7 Å². The maximum atomic E-state index is 6.34. The molecule has 0 aliphatic heterocycles. The lowest BCUT2D eigenvalue weighted by Gasteiger charge is -2.07. The van der Waals surface area contributed by atoms with E-state index in [4.69, 9.17) is 28.2 Å². The van der Waals surface area contributed by atoms with Crippen molar-refractivity contribution in [1.82, 2.24) is 0 Å². The van der Waals surface area contributed by atoms with Gasteiger partial charge in [-0.15, -0.1) is 5.54 Å². The molecule has 2 rings (SSSR count). The number of hydrogen-bond acceptors (Lipinski definition) is 1. The average molecular weight is 360 g/mol. The summed E-state index contributed by atoms with van der Waals surface area (Å²) in [5, 5.41) is 1.17. The molecule has 0 spiro atoms. The lowest BCUT2D eigenvalue weighted by atomic mass is 10.1. The van der Waals surface area contributed by atoms with Crippen molar-refractivity contribution in [2.24, 2.45) is 4.99 Å². The van der Waals surface area contributed by atoms with E-state index in [0.717, 1.165) is 11.3 Å². The molecule has 2 aromatic carbocycles. The highest BCUT2D eigenvalue weighted by Crippen LogP contribution is 2.23. The Morgan fingerprint density at radius 3 is 2.22 bits per heavy atom. The molecular formula is C19H19Cl2NSi. The van der Waals surface area contributed by atoms with Gasteiger partial charge in [-0.05, 0) is 37.3 Å². The number of aliphatic imine (C=N–C) groups is 1. The van der Waals surface area contributed by atoms with Crippen molar-refractivity contribution in [1.29, 1.82) is 0 Å². The van der Waals surface area contributed by atoms with Gasteiger partial charge >= 0.3 is 0 Å². The zero-order chi connectivity index (χ0) is 17.0. The second-order valence-electron chi connectivity index (χ2n) is 6.42. The lowest BCUT2D eigenvalue weighted by Crippen LogP contribution is -2.17. The van der Waals surface area contributed by atoms with Crippen molar-refractivity contribution in [3.63, 3.8) is 0 Å². The fraction of sp³-hybridized carbons (Fsp3) is 0.211. The summed E-state index contributed by atoms with van der Waals surface area (Å²) < 4.78 is 0. The molecule has 0 amide bonds. The third kappa shape index (κ3) is 5.55. The number of halogens is 2. The molecule has 0 fully saturated rings. The van der Waals surface area contributed by atoms with Gasteiger partial charge in [-0.25, -0.2) is 4.99 Å². The summed E-state index contributed by atoms with van der Waals surface area (Å²) >= 11 is 12.3. The van der Waals surface area contributed by atoms with Crippen LogP contribution in [0.5, 0.6) is 0 Å².